The maximum absolute atomic E-state index is 13.6. The van der Waals surface area contributed by atoms with Gasteiger partial charge in [0.05, 0.1) is 23.8 Å². The summed E-state index contributed by atoms with van der Waals surface area (Å²) in [4.78, 5) is 17.6. The van der Waals surface area contributed by atoms with E-state index in [9.17, 15) is 18.3 Å². The lowest BCUT2D eigenvalue weighted by Crippen LogP contribution is -2.48. The van der Waals surface area contributed by atoms with E-state index in [0.29, 0.717) is 35.5 Å². The Kier molecular flexibility index (Phi) is 11.9. The molecule has 13 heteroatoms. The number of hydrogen-bond donors (Lipinski definition) is 3. The van der Waals surface area contributed by atoms with Gasteiger partial charge in [-0.25, -0.2) is 14.3 Å². The number of piperidine rings is 2. The minimum absolute atomic E-state index is 0.0263. The molecule has 0 aliphatic carbocycles. The van der Waals surface area contributed by atoms with Gasteiger partial charge in [0.25, 0.3) is 0 Å². The van der Waals surface area contributed by atoms with Crippen LogP contribution in [0.15, 0.2) is 59.3 Å². The zero-order valence-electron chi connectivity index (χ0n) is 29.4. The predicted molar refractivity (Wildman–Crippen MR) is 189 cm³/mol. The minimum Gasteiger partial charge on any atom is -0.491 e. The van der Waals surface area contributed by atoms with E-state index in [1.54, 1.807) is 49.3 Å². The molecule has 2 aromatic rings. The first-order chi connectivity index (χ1) is 23.3. The first kappa shape index (κ1) is 37.1. The van der Waals surface area contributed by atoms with Gasteiger partial charge in [0.15, 0.2) is 0 Å². The van der Waals surface area contributed by atoms with Crippen LogP contribution in [0.2, 0.25) is 0 Å². The summed E-state index contributed by atoms with van der Waals surface area (Å²) in [5.41, 5.74) is 7.69. The van der Waals surface area contributed by atoms with Gasteiger partial charge in [0.1, 0.15) is 17.3 Å². The number of nitrogens with zero attached hydrogens (tertiary/aromatic N) is 4. The number of sulfonamides is 1. The topological polar surface area (TPSA) is 155 Å². The van der Waals surface area contributed by atoms with Crippen LogP contribution < -0.4 is 16.3 Å². The molecule has 0 spiro atoms. The van der Waals surface area contributed by atoms with E-state index in [0.717, 1.165) is 50.1 Å². The number of aryl methyl sites for hydroxylation is 1. The molecule has 0 aromatic heterocycles. The lowest BCUT2D eigenvalue weighted by Gasteiger charge is -2.41. The van der Waals surface area contributed by atoms with Crippen molar-refractivity contribution < 1.29 is 27.8 Å². The quantitative estimate of drug-likeness (QED) is 0.220. The van der Waals surface area contributed by atoms with Crippen LogP contribution in [0.5, 0.6) is 5.75 Å². The monoisotopic (exact) mass is 698 g/mol. The number of aliphatic carboxylic acids is 1. The first-order valence-corrected chi connectivity index (χ1v) is 18.8. The molecule has 0 amide bonds. The molecular weight excluding hydrogens is 644 g/mol. The number of nitrogens with two attached hydrogens (primary N) is 2. The molecule has 2 saturated heterocycles. The summed E-state index contributed by atoms with van der Waals surface area (Å²) in [5, 5.41) is 11.8. The van der Waals surface area contributed by atoms with Crippen molar-refractivity contribution in [2.24, 2.45) is 22.9 Å². The van der Waals surface area contributed by atoms with Gasteiger partial charge in [-0.3, -0.25) is 4.79 Å². The number of likely N-dealkylation sites (tertiary alicyclic amines) is 2. The lowest BCUT2D eigenvalue weighted by atomic mass is 9.81. The summed E-state index contributed by atoms with van der Waals surface area (Å²) in [6.45, 7) is 10.8. The number of rotatable bonds is 12. The van der Waals surface area contributed by atoms with Gasteiger partial charge in [0, 0.05) is 31.9 Å². The number of carboxylic acids is 1. The van der Waals surface area contributed by atoms with Crippen LogP contribution in [-0.4, -0.2) is 104 Å². The molecule has 1 unspecified atom stereocenters. The summed E-state index contributed by atoms with van der Waals surface area (Å²) in [5.74, 6) is 6.16. The molecule has 1 atom stereocenters. The Balaban J connectivity index is 1.24. The molecule has 3 aliphatic heterocycles. The van der Waals surface area contributed by atoms with Crippen LogP contribution in [0.25, 0.3) is 0 Å². The second kappa shape index (κ2) is 15.8. The number of hydrogen-bond acceptors (Lipinski definition) is 10. The fourth-order valence-electron chi connectivity index (χ4n) is 7.15. The van der Waals surface area contributed by atoms with Gasteiger partial charge < -0.3 is 35.1 Å². The van der Waals surface area contributed by atoms with E-state index >= 15 is 0 Å². The Hall–Kier alpha value is -3.20. The second-order valence-corrected chi connectivity index (χ2v) is 16.4. The number of fused-ring (bicyclic) bond motifs is 1. The predicted octanol–water partition coefficient (Wildman–Crippen LogP) is 3.53. The third-order valence-electron chi connectivity index (χ3n) is 10.4. The van der Waals surface area contributed by atoms with Gasteiger partial charge in [-0.05, 0) is 114 Å². The normalized spacial score (nSPS) is 21.0. The molecule has 2 fully saturated rings. The Morgan fingerprint density at radius 3 is 2.49 bits per heavy atom. The van der Waals surface area contributed by atoms with Crippen LogP contribution in [0.3, 0.4) is 0 Å². The molecule has 49 heavy (non-hydrogen) atoms. The maximum atomic E-state index is 13.6. The average molecular weight is 699 g/mol. The average Bonchev–Trinajstić information content (AvgIpc) is 3.18. The minimum atomic E-state index is -3.82. The van der Waals surface area contributed by atoms with Crippen molar-refractivity contribution >= 4 is 16.0 Å². The highest BCUT2D eigenvalue weighted by Crippen LogP contribution is 2.38. The summed E-state index contributed by atoms with van der Waals surface area (Å²) in [7, 11) is -1.63. The highest BCUT2D eigenvalue weighted by molar-refractivity contribution is 7.89. The van der Waals surface area contributed by atoms with Gasteiger partial charge >= 0.3 is 5.97 Å². The van der Waals surface area contributed by atoms with Crippen molar-refractivity contribution in [1.29, 1.82) is 0 Å². The maximum Gasteiger partial charge on any atom is 0.312 e. The smallest absolute Gasteiger partial charge is 0.312 e. The van der Waals surface area contributed by atoms with Crippen LogP contribution in [0.4, 0.5) is 0 Å². The van der Waals surface area contributed by atoms with Crippen molar-refractivity contribution in [3.63, 3.8) is 0 Å². The van der Waals surface area contributed by atoms with Gasteiger partial charge in [-0.1, -0.05) is 30.3 Å². The molecule has 5 N–H and O–H groups in total. The largest absolute Gasteiger partial charge is 0.491 e. The van der Waals surface area contributed by atoms with Crippen molar-refractivity contribution in [3.8, 4) is 5.75 Å². The number of carbonyl (C=O) groups is 1. The molecular formula is C36H54N6O6S. The third kappa shape index (κ3) is 8.94. The van der Waals surface area contributed by atoms with Crippen molar-refractivity contribution in [3.05, 3.63) is 71.1 Å². The number of carboxylic acid groups (broad SMARTS) is 1. The summed E-state index contributed by atoms with van der Waals surface area (Å²) >= 11 is 0. The standard InChI is InChI=1S/C36H54N6O6S/c1-26-9-10-28(21-29(26)23-42-19-20-47-32-7-5-6-8-33(32)49(42,45)46)34(36(2,3)35(43)44)48-25-30(37)24-41(38)22-27-11-17-40(18-12-27)31-13-15-39(4)16-14-31/h5-10,21,24,27,31,34H,11-20,22-23,25,37-38H2,1-4H3,(H,43,44)/b30-24-. The zero-order valence-corrected chi connectivity index (χ0v) is 30.2. The molecule has 3 heterocycles. The molecule has 270 valence electrons. The van der Waals surface area contributed by atoms with Crippen LogP contribution >= 0.6 is 0 Å². The summed E-state index contributed by atoms with van der Waals surface area (Å²) < 4.78 is 40.6. The fraction of sp³-hybridized carbons (Fsp3) is 0.583. The van der Waals surface area contributed by atoms with Gasteiger partial charge in [-0.15, -0.1) is 0 Å². The van der Waals surface area contributed by atoms with Gasteiger partial charge in [-0.2, -0.15) is 4.31 Å². The number of para-hydroxylation sites is 1. The number of hydrazine groups is 1. The summed E-state index contributed by atoms with van der Waals surface area (Å²) in [6, 6.07) is 12.8. The third-order valence-corrected chi connectivity index (χ3v) is 12.3. The van der Waals surface area contributed by atoms with E-state index < -0.39 is 27.5 Å². The lowest BCUT2D eigenvalue weighted by molar-refractivity contribution is -0.156. The van der Waals surface area contributed by atoms with E-state index in [1.165, 1.54) is 17.1 Å². The number of ether oxygens (including phenoxy) is 2. The molecule has 0 saturated carbocycles. The van der Waals surface area contributed by atoms with Crippen LogP contribution in [0.1, 0.15) is 62.3 Å². The van der Waals surface area contributed by atoms with E-state index in [-0.39, 0.29) is 31.2 Å². The Morgan fingerprint density at radius 2 is 1.80 bits per heavy atom. The molecule has 0 radical (unpaired) electrons. The molecule has 3 aliphatic rings. The van der Waals surface area contributed by atoms with Gasteiger partial charge in [0.2, 0.25) is 10.0 Å². The molecule has 2 aromatic carbocycles. The molecule has 0 bridgehead atoms. The van der Waals surface area contributed by atoms with Crippen LogP contribution in [0, 0.1) is 18.3 Å². The zero-order chi connectivity index (χ0) is 35.3. The van der Waals surface area contributed by atoms with E-state index in [2.05, 4.69) is 16.8 Å². The number of benzene rings is 2. The Labute approximate surface area is 291 Å². The SMILES string of the molecule is Cc1ccc(C(OC/C(N)=C/N(N)CC2CCN(C3CCN(C)CC3)CC2)C(C)(C)C(=O)O)cc1CN1CCOc2ccccc2S1(=O)=O. The molecule has 12 nitrogen and oxygen atoms in total. The van der Waals surface area contributed by atoms with E-state index in [1.807, 2.05) is 25.1 Å². The molecule has 5 rings (SSSR count). The second-order valence-electron chi connectivity index (χ2n) is 14.5. The highest BCUT2D eigenvalue weighted by Gasteiger charge is 2.40. The summed E-state index contributed by atoms with van der Waals surface area (Å²) in [6.07, 6.45) is 5.45. The van der Waals surface area contributed by atoms with Crippen molar-refractivity contribution in [1.82, 2.24) is 19.1 Å². The fourth-order valence-corrected chi connectivity index (χ4v) is 8.69. The van der Waals surface area contributed by atoms with Crippen LogP contribution in [-0.2, 0) is 26.1 Å². The highest BCUT2D eigenvalue weighted by atomic mass is 32.2. The van der Waals surface area contributed by atoms with Crippen molar-refractivity contribution in [2.45, 2.75) is 70.0 Å². The first-order valence-electron chi connectivity index (χ1n) is 17.3. The Bertz CT molecular complexity index is 1580. The Morgan fingerprint density at radius 1 is 1.10 bits per heavy atom. The van der Waals surface area contributed by atoms with Crippen molar-refractivity contribution in [2.75, 3.05) is 59.5 Å². The van der Waals surface area contributed by atoms with E-state index in [4.69, 9.17) is 21.1 Å².